The Hall–Kier alpha value is -1.97. The maximum Gasteiger partial charge on any atom is 0.309 e. The average molecular weight is 658 g/mol. The quantitative estimate of drug-likeness (QED) is 0.316. The third kappa shape index (κ3) is 9.26. The first-order valence-corrected chi connectivity index (χ1v) is 16.0. The van der Waals surface area contributed by atoms with Gasteiger partial charge in [0.1, 0.15) is 5.82 Å². The van der Waals surface area contributed by atoms with Crippen molar-refractivity contribution in [3.8, 4) is 0 Å². The molecule has 2 aromatic rings. The average Bonchev–Trinajstić information content (AvgIpc) is 2.97. The van der Waals surface area contributed by atoms with Crippen molar-refractivity contribution in [2.24, 2.45) is 5.92 Å². The summed E-state index contributed by atoms with van der Waals surface area (Å²) < 4.78 is 54.2. The van der Waals surface area contributed by atoms with Gasteiger partial charge in [0.2, 0.25) is 10.0 Å². The summed E-state index contributed by atoms with van der Waals surface area (Å²) in [4.78, 5) is 17.1. The monoisotopic (exact) mass is 656 g/mol. The van der Waals surface area contributed by atoms with Crippen LogP contribution in [-0.2, 0) is 24.3 Å². The van der Waals surface area contributed by atoms with Crippen molar-refractivity contribution in [3.05, 3.63) is 64.4 Å². The molecule has 0 amide bonds. The van der Waals surface area contributed by atoms with Gasteiger partial charge in [0, 0.05) is 69.4 Å². The smallest absolute Gasteiger partial charge is 0.309 e. The topological polar surface area (TPSA) is 112 Å². The van der Waals surface area contributed by atoms with E-state index in [-0.39, 0.29) is 18.0 Å². The van der Waals surface area contributed by atoms with Crippen molar-refractivity contribution >= 4 is 31.9 Å². The number of nitrogens with zero attached hydrogens (tertiary/aromatic N) is 3. The van der Waals surface area contributed by atoms with Crippen molar-refractivity contribution in [1.29, 1.82) is 0 Å². The van der Waals surface area contributed by atoms with Gasteiger partial charge in [-0.05, 0) is 42.0 Å². The number of carbonyl (C=O) groups is 1. The second-order valence-electron chi connectivity index (χ2n) is 10.2. The van der Waals surface area contributed by atoms with Crippen LogP contribution in [0.4, 0.5) is 4.39 Å². The molecule has 0 bridgehead atoms. The number of halogens is 2. The molecular formula is C28H38BrFN4O6S. The highest BCUT2D eigenvalue weighted by atomic mass is 79.9. The number of sulfonamides is 1. The fourth-order valence-electron chi connectivity index (χ4n) is 5.05. The molecule has 41 heavy (non-hydrogen) atoms. The molecule has 0 aliphatic carbocycles. The molecule has 226 valence electrons. The molecule has 2 saturated heterocycles. The lowest BCUT2D eigenvalue weighted by Gasteiger charge is -2.33. The van der Waals surface area contributed by atoms with Gasteiger partial charge in [-0.1, -0.05) is 28.1 Å². The summed E-state index contributed by atoms with van der Waals surface area (Å²) >= 11 is 3.44. The van der Waals surface area contributed by atoms with Gasteiger partial charge in [-0.2, -0.15) is 4.31 Å². The van der Waals surface area contributed by atoms with Gasteiger partial charge < -0.3 is 19.9 Å². The van der Waals surface area contributed by atoms with E-state index in [1.165, 1.54) is 16.4 Å². The van der Waals surface area contributed by atoms with E-state index < -0.39 is 33.8 Å². The molecule has 2 aromatic carbocycles. The van der Waals surface area contributed by atoms with Gasteiger partial charge in [-0.3, -0.25) is 14.6 Å². The number of morpholine rings is 2. The number of aliphatic carboxylic acids is 1. The lowest BCUT2D eigenvalue weighted by molar-refractivity contribution is -0.143. The predicted octanol–water partition coefficient (Wildman–Crippen LogP) is 2.28. The summed E-state index contributed by atoms with van der Waals surface area (Å²) in [5.41, 5.74) is 0.745. The Kier molecular flexibility index (Phi) is 12.1. The van der Waals surface area contributed by atoms with E-state index in [1.807, 2.05) is 24.3 Å². The van der Waals surface area contributed by atoms with Crippen molar-refractivity contribution in [3.63, 3.8) is 0 Å². The number of carboxylic acid groups (broad SMARTS) is 1. The number of nitrogens with one attached hydrogen (secondary N) is 1. The van der Waals surface area contributed by atoms with E-state index >= 15 is 0 Å². The van der Waals surface area contributed by atoms with Crippen molar-refractivity contribution in [2.45, 2.75) is 10.9 Å². The van der Waals surface area contributed by atoms with Gasteiger partial charge in [-0.25, -0.2) is 12.8 Å². The molecule has 4 rings (SSSR count). The van der Waals surface area contributed by atoms with Gasteiger partial charge >= 0.3 is 5.97 Å². The number of rotatable bonds is 14. The zero-order valence-corrected chi connectivity index (χ0v) is 25.4. The lowest BCUT2D eigenvalue weighted by atomic mass is 9.92. The predicted molar refractivity (Wildman–Crippen MR) is 156 cm³/mol. The Morgan fingerprint density at radius 2 is 1.51 bits per heavy atom. The van der Waals surface area contributed by atoms with E-state index in [0.717, 1.165) is 35.3 Å². The van der Waals surface area contributed by atoms with Crippen LogP contribution in [0.1, 0.15) is 11.6 Å². The second-order valence-corrected chi connectivity index (χ2v) is 13.0. The normalized spacial score (nSPS) is 18.8. The molecule has 10 nitrogen and oxygen atoms in total. The fourth-order valence-corrected chi connectivity index (χ4v) is 6.78. The Labute approximate surface area is 249 Å². The summed E-state index contributed by atoms with van der Waals surface area (Å²) in [6.45, 7) is 6.84. The minimum atomic E-state index is -4.12. The second kappa shape index (κ2) is 15.5. The summed E-state index contributed by atoms with van der Waals surface area (Å²) in [6, 6.07) is 11.4. The summed E-state index contributed by atoms with van der Waals surface area (Å²) in [6.07, 6.45) is 0. The van der Waals surface area contributed by atoms with Gasteiger partial charge in [0.05, 0.1) is 37.2 Å². The van der Waals surface area contributed by atoms with E-state index in [2.05, 4.69) is 31.0 Å². The maximum absolute atomic E-state index is 13.8. The van der Waals surface area contributed by atoms with Crippen LogP contribution in [0.2, 0.25) is 0 Å². The Bertz CT molecular complexity index is 1210. The van der Waals surface area contributed by atoms with E-state index in [4.69, 9.17) is 9.47 Å². The largest absolute Gasteiger partial charge is 0.481 e. The Morgan fingerprint density at radius 3 is 2.07 bits per heavy atom. The van der Waals surface area contributed by atoms with Gasteiger partial charge in [0.25, 0.3) is 0 Å². The van der Waals surface area contributed by atoms with Crippen LogP contribution >= 0.6 is 15.9 Å². The van der Waals surface area contributed by atoms with E-state index in [0.29, 0.717) is 59.2 Å². The Morgan fingerprint density at radius 1 is 0.951 bits per heavy atom. The molecule has 13 heteroatoms. The molecule has 2 aliphatic rings. The molecule has 2 atom stereocenters. The van der Waals surface area contributed by atoms with Crippen LogP contribution in [0.25, 0.3) is 0 Å². The number of ether oxygens (including phenoxy) is 2. The van der Waals surface area contributed by atoms with Crippen LogP contribution < -0.4 is 5.32 Å². The summed E-state index contributed by atoms with van der Waals surface area (Å²) in [5.74, 6) is -2.75. The molecule has 2 unspecified atom stereocenters. The highest BCUT2D eigenvalue weighted by Crippen LogP contribution is 2.28. The fraction of sp³-hybridized carbons (Fsp3) is 0.536. The third-order valence-corrected chi connectivity index (χ3v) is 9.87. The highest BCUT2D eigenvalue weighted by molar-refractivity contribution is 9.10. The first-order chi connectivity index (χ1) is 19.7. The van der Waals surface area contributed by atoms with Crippen LogP contribution in [0.5, 0.6) is 0 Å². The summed E-state index contributed by atoms with van der Waals surface area (Å²) in [5, 5.41) is 13.9. The van der Waals surface area contributed by atoms with Gasteiger partial charge in [0.15, 0.2) is 0 Å². The van der Waals surface area contributed by atoms with E-state index in [9.17, 15) is 22.7 Å². The SMILES string of the molecule is O=C(O)C(CN(CCN1CCOCC1)S(=O)(=O)c1ccc(F)cc1)C(NCCN1CCOCC1)c1ccc(Br)cc1. The molecule has 0 spiro atoms. The number of hydrogen-bond donors (Lipinski definition) is 2. The van der Waals surface area contributed by atoms with Gasteiger partial charge in [-0.15, -0.1) is 0 Å². The molecule has 0 aromatic heterocycles. The zero-order valence-electron chi connectivity index (χ0n) is 23.0. The Balaban J connectivity index is 1.59. The third-order valence-electron chi connectivity index (χ3n) is 7.47. The first kappa shape index (κ1) is 32.0. The maximum atomic E-state index is 13.8. The molecule has 2 fully saturated rings. The number of benzene rings is 2. The standard InChI is InChI=1S/C28H38BrFN4O6S/c29-23-3-1-22(2-4-23)27(31-9-10-32-13-17-39-18-14-32)26(28(35)36)21-34(12-11-33-15-19-40-20-16-33)41(37,38)25-7-5-24(30)6-8-25/h1-8,26-27,31H,9-21H2,(H,35,36). The van der Waals surface area contributed by atoms with Crippen molar-refractivity contribution < 1.29 is 32.2 Å². The molecule has 2 N–H and O–H groups in total. The van der Waals surface area contributed by atoms with Crippen LogP contribution in [0.15, 0.2) is 57.9 Å². The highest BCUT2D eigenvalue weighted by Gasteiger charge is 2.36. The summed E-state index contributed by atoms with van der Waals surface area (Å²) in [7, 11) is -4.12. The molecule has 2 aliphatic heterocycles. The first-order valence-electron chi connectivity index (χ1n) is 13.8. The molecule has 2 heterocycles. The zero-order chi connectivity index (χ0) is 29.2. The minimum absolute atomic E-state index is 0.0783. The molecule has 0 radical (unpaired) electrons. The van der Waals surface area contributed by atoms with Crippen LogP contribution in [-0.4, -0.2) is 119 Å². The van der Waals surface area contributed by atoms with Crippen molar-refractivity contribution in [2.75, 3.05) is 85.3 Å². The molecule has 0 saturated carbocycles. The van der Waals surface area contributed by atoms with Crippen molar-refractivity contribution in [1.82, 2.24) is 19.4 Å². The van der Waals surface area contributed by atoms with E-state index in [1.54, 1.807) is 0 Å². The number of hydrogen-bond acceptors (Lipinski definition) is 8. The molecular weight excluding hydrogens is 619 g/mol. The van der Waals surface area contributed by atoms with Crippen LogP contribution in [0.3, 0.4) is 0 Å². The number of carboxylic acids is 1. The van der Waals surface area contributed by atoms with Crippen LogP contribution in [0, 0.1) is 11.7 Å². The lowest BCUT2D eigenvalue weighted by Crippen LogP contribution is -2.48. The minimum Gasteiger partial charge on any atom is -0.481 e.